The first-order valence-electron chi connectivity index (χ1n) is 4.60. The summed E-state index contributed by atoms with van der Waals surface area (Å²) >= 11 is 0. The first-order chi connectivity index (χ1) is 5.74. The van der Waals surface area contributed by atoms with E-state index in [2.05, 4.69) is 35.7 Å². The van der Waals surface area contributed by atoms with E-state index >= 15 is 0 Å². The van der Waals surface area contributed by atoms with Crippen molar-refractivity contribution in [2.24, 2.45) is 0 Å². The molecule has 0 aromatic rings. The lowest BCUT2D eigenvalue weighted by atomic mass is 10.3. The highest BCUT2D eigenvalue weighted by Gasteiger charge is 2.13. The Morgan fingerprint density at radius 3 is 2.50 bits per heavy atom. The van der Waals surface area contributed by atoms with E-state index in [9.17, 15) is 0 Å². The van der Waals surface area contributed by atoms with E-state index in [0.29, 0.717) is 0 Å². The number of nitrogens with one attached hydrogen (secondary N) is 1. The van der Waals surface area contributed by atoms with Crippen LogP contribution in [0.1, 0.15) is 8.35 Å². The molecule has 0 atom stereocenters. The van der Waals surface area contributed by atoms with Gasteiger partial charge in [0, 0.05) is 34.2 Å². The largest absolute Gasteiger partial charge is 0.373 e. The van der Waals surface area contributed by atoms with E-state index in [1.165, 1.54) is 0 Å². The zero-order valence-electron chi connectivity index (χ0n) is 8.14. The van der Waals surface area contributed by atoms with Crippen LogP contribution in [0, 0.1) is 0 Å². The van der Waals surface area contributed by atoms with Gasteiger partial charge >= 0.3 is 0 Å². The number of nitrogens with zero attached hydrogens (tertiary/aromatic N) is 2. The van der Waals surface area contributed by atoms with Gasteiger partial charge in [-0.2, -0.15) is 0 Å². The van der Waals surface area contributed by atoms with Gasteiger partial charge in [0.15, 0.2) is 0 Å². The van der Waals surface area contributed by atoms with Crippen molar-refractivity contribution in [1.82, 2.24) is 15.1 Å². The Morgan fingerprint density at radius 2 is 2.00 bits per heavy atom. The second kappa shape index (κ2) is 4.36. The lowest BCUT2D eigenvalue weighted by molar-refractivity contribution is 0.179. The number of hydrogen-bond donors (Lipinski definition) is 1. The van der Waals surface area contributed by atoms with Gasteiger partial charge in [-0.25, -0.2) is 0 Å². The Labute approximate surface area is 76.5 Å². The molecule has 0 aromatic heterocycles. The van der Waals surface area contributed by atoms with Crippen LogP contribution in [0.2, 0.25) is 0 Å². The van der Waals surface area contributed by atoms with Crippen LogP contribution in [-0.4, -0.2) is 49.6 Å². The molecule has 1 aliphatic rings. The maximum absolute atomic E-state index is 3.99. The zero-order valence-corrected chi connectivity index (χ0v) is 8.14. The van der Waals surface area contributed by atoms with Gasteiger partial charge in [0.25, 0.3) is 0 Å². The molecule has 72 valence electrons. The fraction of sp³-hybridized carbons (Fsp3) is 0.778. The molecule has 0 radical (unpaired) electrons. The van der Waals surface area contributed by atoms with Crippen LogP contribution in [0.25, 0.3) is 0 Å². The van der Waals surface area contributed by atoms with Crippen LogP contribution < -0.4 is 5.32 Å². The highest BCUT2D eigenvalue weighted by Crippen LogP contribution is 2.03. The van der Waals surface area contributed by atoms with Crippen LogP contribution in [0.5, 0.6) is 0 Å². The molecule has 1 heterocycles. The van der Waals surface area contributed by atoms with Crippen LogP contribution in [0.15, 0.2) is 12.4 Å². The Hall–Kier alpha value is -0.700. The molecule has 0 aromatic carbocycles. The van der Waals surface area contributed by atoms with Gasteiger partial charge in [-0.3, -0.25) is 0 Å². The van der Waals surface area contributed by atoms with Gasteiger partial charge < -0.3 is 15.1 Å². The second-order valence-corrected chi connectivity index (χ2v) is 3.27. The van der Waals surface area contributed by atoms with Crippen molar-refractivity contribution in [3.63, 3.8) is 0 Å². The molecule has 0 spiro atoms. The molecule has 1 aliphatic heterocycles. The molecule has 12 heavy (non-hydrogen) atoms. The van der Waals surface area contributed by atoms with Crippen molar-refractivity contribution >= 4 is 0 Å². The van der Waals surface area contributed by atoms with E-state index in [-0.39, 0.29) is 1.43 Å². The van der Waals surface area contributed by atoms with Crippen molar-refractivity contribution in [2.45, 2.75) is 6.92 Å². The Balaban J connectivity index is 0.00000144. The van der Waals surface area contributed by atoms with Gasteiger partial charge in [0.05, 0.1) is 5.82 Å². The van der Waals surface area contributed by atoms with Gasteiger partial charge in [-0.15, -0.1) is 0 Å². The lowest BCUT2D eigenvalue weighted by Gasteiger charge is -2.35. The maximum Gasteiger partial charge on any atom is 0.0939 e. The Kier molecular flexibility index (Phi) is 3.41. The van der Waals surface area contributed by atoms with Crippen LogP contribution in [0.3, 0.4) is 0 Å². The third kappa shape index (κ3) is 2.41. The van der Waals surface area contributed by atoms with Crippen molar-refractivity contribution in [3.8, 4) is 0 Å². The molecule has 0 aliphatic carbocycles. The quantitative estimate of drug-likeness (QED) is 0.669. The van der Waals surface area contributed by atoms with Crippen molar-refractivity contribution < 1.29 is 1.43 Å². The molecular formula is C9H21N3. The topological polar surface area (TPSA) is 18.5 Å². The van der Waals surface area contributed by atoms with E-state index in [0.717, 1.165) is 38.5 Å². The summed E-state index contributed by atoms with van der Waals surface area (Å²) in [5, 5.41) is 3.24. The SMILES string of the molecule is C=C(NCC)N1CCN(C)CC1.[HH]. The normalized spacial score (nSPS) is 19.3. The molecule has 0 bridgehead atoms. The standard InChI is InChI=1S/C9H19N3.H2/c1-4-10-9(2)12-7-5-11(3)6-8-12;/h10H,2,4-8H2,1,3H3;1H. The van der Waals surface area contributed by atoms with Crippen molar-refractivity contribution in [2.75, 3.05) is 39.8 Å². The van der Waals surface area contributed by atoms with Crippen LogP contribution >= 0.6 is 0 Å². The summed E-state index contributed by atoms with van der Waals surface area (Å²) in [5.74, 6) is 1.07. The predicted octanol–water partition coefficient (Wildman–Crippen LogP) is 0.561. The fourth-order valence-corrected chi connectivity index (χ4v) is 1.39. The number of likely N-dealkylation sites (N-methyl/N-ethyl adjacent to an activating group) is 1. The fourth-order valence-electron chi connectivity index (χ4n) is 1.39. The first kappa shape index (κ1) is 9.39. The van der Waals surface area contributed by atoms with Crippen LogP contribution in [0.4, 0.5) is 0 Å². The minimum absolute atomic E-state index is 0. The highest BCUT2D eigenvalue weighted by molar-refractivity contribution is 4.92. The summed E-state index contributed by atoms with van der Waals surface area (Å²) < 4.78 is 0. The first-order valence-corrected chi connectivity index (χ1v) is 4.60. The van der Waals surface area contributed by atoms with Crippen LogP contribution in [-0.2, 0) is 0 Å². The van der Waals surface area contributed by atoms with Crippen molar-refractivity contribution in [1.29, 1.82) is 0 Å². The Morgan fingerprint density at radius 1 is 1.42 bits per heavy atom. The third-order valence-electron chi connectivity index (χ3n) is 2.27. The second-order valence-electron chi connectivity index (χ2n) is 3.27. The molecule has 1 N–H and O–H groups in total. The number of piperazine rings is 1. The number of rotatable bonds is 3. The molecule has 1 rings (SSSR count). The molecule has 3 heteroatoms. The monoisotopic (exact) mass is 171 g/mol. The summed E-state index contributed by atoms with van der Waals surface area (Å²) in [6, 6.07) is 0. The average Bonchev–Trinajstić information content (AvgIpc) is 2.06. The van der Waals surface area contributed by atoms with Crippen molar-refractivity contribution in [3.05, 3.63) is 12.4 Å². The minimum atomic E-state index is 0. The van der Waals surface area contributed by atoms with E-state index in [1.807, 2.05) is 0 Å². The summed E-state index contributed by atoms with van der Waals surface area (Å²) in [4.78, 5) is 4.65. The molecule has 0 saturated carbocycles. The van der Waals surface area contributed by atoms with Gasteiger partial charge in [0.2, 0.25) is 0 Å². The maximum atomic E-state index is 3.99. The summed E-state index contributed by atoms with van der Waals surface area (Å²) in [6.45, 7) is 11.5. The summed E-state index contributed by atoms with van der Waals surface area (Å²) in [5.41, 5.74) is 0. The number of hydrogen-bond acceptors (Lipinski definition) is 3. The van der Waals surface area contributed by atoms with E-state index in [1.54, 1.807) is 0 Å². The smallest absolute Gasteiger partial charge is 0.0939 e. The predicted molar refractivity (Wildman–Crippen MR) is 54.0 cm³/mol. The van der Waals surface area contributed by atoms with E-state index in [4.69, 9.17) is 0 Å². The third-order valence-corrected chi connectivity index (χ3v) is 2.27. The van der Waals surface area contributed by atoms with E-state index < -0.39 is 0 Å². The van der Waals surface area contributed by atoms with Gasteiger partial charge in [-0.05, 0) is 14.0 Å². The Bertz CT molecular complexity index is 153. The minimum Gasteiger partial charge on any atom is -0.373 e. The molecule has 0 amide bonds. The lowest BCUT2D eigenvalue weighted by Crippen LogP contribution is -2.46. The molecule has 1 saturated heterocycles. The summed E-state index contributed by atoms with van der Waals surface area (Å²) in [6.07, 6.45) is 0. The van der Waals surface area contributed by atoms with Gasteiger partial charge in [0.1, 0.15) is 0 Å². The molecule has 1 fully saturated rings. The molecule has 0 unspecified atom stereocenters. The van der Waals surface area contributed by atoms with Gasteiger partial charge in [-0.1, -0.05) is 6.58 Å². The summed E-state index contributed by atoms with van der Waals surface area (Å²) in [7, 11) is 2.16. The average molecular weight is 171 g/mol. The molecular weight excluding hydrogens is 150 g/mol. The molecule has 3 nitrogen and oxygen atoms in total. The zero-order chi connectivity index (χ0) is 8.97. The highest BCUT2D eigenvalue weighted by atomic mass is 15.3.